The van der Waals surface area contributed by atoms with E-state index >= 15 is 0 Å². The molecule has 1 aliphatic rings. The van der Waals surface area contributed by atoms with Crippen molar-refractivity contribution in [3.05, 3.63) is 70.6 Å². The summed E-state index contributed by atoms with van der Waals surface area (Å²) in [6.45, 7) is 3.98. The predicted octanol–water partition coefficient (Wildman–Crippen LogP) is 5.17. The fraction of sp³-hybridized carbons (Fsp3) is 0.227. The molecule has 1 aromatic heterocycles. The fourth-order valence-corrected chi connectivity index (χ4v) is 3.61. The van der Waals surface area contributed by atoms with Gasteiger partial charge in [0.25, 0.3) is 5.91 Å². The predicted molar refractivity (Wildman–Crippen MR) is 117 cm³/mol. The molecular formula is C22H21ClFN5O. The lowest BCUT2D eigenvalue weighted by molar-refractivity contribution is 0.102. The van der Waals surface area contributed by atoms with Crippen LogP contribution in [0.1, 0.15) is 28.9 Å². The number of amides is 1. The normalized spacial score (nSPS) is 13.4. The van der Waals surface area contributed by atoms with Crippen LogP contribution in [-0.4, -0.2) is 29.0 Å². The van der Waals surface area contributed by atoms with E-state index in [9.17, 15) is 9.18 Å². The minimum atomic E-state index is -0.488. The van der Waals surface area contributed by atoms with Crippen molar-refractivity contribution in [1.82, 2.24) is 9.97 Å². The van der Waals surface area contributed by atoms with Gasteiger partial charge in [0.1, 0.15) is 11.6 Å². The Labute approximate surface area is 179 Å². The standard InChI is InChI=1S/C22H21ClFN5O/c1-14-12-20(29-10-2-3-11-29)28-22(25-14)27-17-7-5-16(6-8-17)26-21(30)18-9-4-15(24)13-19(18)23/h4-9,12-13H,2-3,10-11H2,1H3,(H,26,30)(H,25,27,28). The van der Waals surface area contributed by atoms with E-state index in [2.05, 4.69) is 25.5 Å². The Kier molecular flexibility index (Phi) is 5.81. The minimum Gasteiger partial charge on any atom is -0.356 e. The van der Waals surface area contributed by atoms with Gasteiger partial charge in [-0.2, -0.15) is 4.98 Å². The van der Waals surface area contributed by atoms with Gasteiger partial charge in [0.2, 0.25) is 5.95 Å². The van der Waals surface area contributed by atoms with Crippen LogP contribution >= 0.6 is 11.6 Å². The first kappa shape index (κ1) is 20.1. The van der Waals surface area contributed by atoms with Gasteiger partial charge in [-0.1, -0.05) is 11.6 Å². The molecule has 0 unspecified atom stereocenters. The SMILES string of the molecule is Cc1cc(N2CCCC2)nc(Nc2ccc(NC(=O)c3ccc(F)cc3Cl)cc2)n1. The van der Waals surface area contributed by atoms with Gasteiger partial charge in [-0.05, 0) is 62.2 Å². The molecule has 1 saturated heterocycles. The zero-order valence-corrected chi connectivity index (χ0v) is 17.2. The van der Waals surface area contributed by atoms with Crippen LogP contribution < -0.4 is 15.5 Å². The number of nitrogens with zero attached hydrogens (tertiary/aromatic N) is 3. The summed E-state index contributed by atoms with van der Waals surface area (Å²) >= 11 is 5.95. The first-order valence-electron chi connectivity index (χ1n) is 9.72. The third kappa shape index (κ3) is 4.68. The lowest BCUT2D eigenvalue weighted by Gasteiger charge is -2.17. The summed E-state index contributed by atoms with van der Waals surface area (Å²) in [6.07, 6.45) is 2.37. The molecule has 0 radical (unpaired) electrons. The smallest absolute Gasteiger partial charge is 0.257 e. The average Bonchev–Trinajstić information content (AvgIpc) is 3.24. The van der Waals surface area contributed by atoms with Crippen LogP contribution in [-0.2, 0) is 0 Å². The van der Waals surface area contributed by atoms with Gasteiger partial charge in [-0.3, -0.25) is 4.79 Å². The van der Waals surface area contributed by atoms with Crippen molar-refractivity contribution >= 4 is 40.6 Å². The van der Waals surface area contributed by atoms with Crippen molar-refractivity contribution in [3.8, 4) is 0 Å². The zero-order chi connectivity index (χ0) is 21.1. The number of benzene rings is 2. The third-order valence-electron chi connectivity index (χ3n) is 4.85. The number of carbonyl (C=O) groups is 1. The summed E-state index contributed by atoms with van der Waals surface area (Å²) in [7, 11) is 0. The number of hydrogen-bond acceptors (Lipinski definition) is 5. The molecule has 2 heterocycles. The van der Waals surface area contributed by atoms with Crippen LogP contribution in [0.4, 0.5) is 27.5 Å². The van der Waals surface area contributed by atoms with E-state index in [0.29, 0.717) is 11.6 Å². The van der Waals surface area contributed by atoms with Gasteiger partial charge in [-0.25, -0.2) is 9.37 Å². The number of aromatic nitrogens is 2. The van der Waals surface area contributed by atoms with Crippen molar-refractivity contribution in [2.75, 3.05) is 28.6 Å². The van der Waals surface area contributed by atoms with E-state index in [1.807, 2.05) is 25.1 Å². The lowest BCUT2D eigenvalue weighted by Crippen LogP contribution is -2.19. The molecule has 1 amide bonds. The molecule has 0 atom stereocenters. The Morgan fingerprint density at radius 3 is 2.43 bits per heavy atom. The molecule has 8 heteroatoms. The highest BCUT2D eigenvalue weighted by Crippen LogP contribution is 2.23. The van der Waals surface area contributed by atoms with E-state index in [4.69, 9.17) is 11.6 Å². The molecule has 2 N–H and O–H groups in total. The highest BCUT2D eigenvalue weighted by molar-refractivity contribution is 6.34. The van der Waals surface area contributed by atoms with E-state index in [1.165, 1.54) is 25.0 Å². The van der Waals surface area contributed by atoms with Crippen molar-refractivity contribution in [3.63, 3.8) is 0 Å². The molecular weight excluding hydrogens is 405 g/mol. The Bertz CT molecular complexity index is 1070. The van der Waals surface area contributed by atoms with Gasteiger partial charge < -0.3 is 15.5 Å². The van der Waals surface area contributed by atoms with E-state index in [0.717, 1.165) is 36.4 Å². The number of carbonyl (C=O) groups excluding carboxylic acids is 1. The highest BCUT2D eigenvalue weighted by Gasteiger charge is 2.15. The molecule has 1 aliphatic heterocycles. The first-order valence-corrected chi connectivity index (χ1v) is 10.1. The molecule has 1 fully saturated rings. The van der Waals surface area contributed by atoms with E-state index < -0.39 is 11.7 Å². The Morgan fingerprint density at radius 2 is 1.73 bits per heavy atom. The molecule has 6 nitrogen and oxygen atoms in total. The number of anilines is 4. The maximum absolute atomic E-state index is 13.2. The van der Waals surface area contributed by atoms with Crippen molar-refractivity contribution in [2.45, 2.75) is 19.8 Å². The van der Waals surface area contributed by atoms with Crippen LogP contribution in [0, 0.1) is 12.7 Å². The summed E-state index contributed by atoms with van der Waals surface area (Å²) in [6, 6.07) is 12.8. The number of nitrogens with one attached hydrogen (secondary N) is 2. The molecule has 3 aromatic rings. The van der Waals surface area contributed by atoms with E-state index in [-0.39, 0.29) is 10.6 Å². The Balaban J connectivity index is 1.44. The van der Waals surface area contributed by atoms with Gasteiger partial charge in [0, 0.05) is 36.2 Å². The number of halogens is 2. The fourth-order valence-electron chi connectivity index (χ4n) is 3.35. The summed E-state index contributed by atoms with van der Waals surface area (Å²) in [4.78, 5) is 23.7. The number of aryl methyl sites for hydroxylation is 1. The second-order valence-corrected chi connectivity index (χ2v) is 7.57. The Morgan fingerprint density at radius 1 is 1.03 bits per heavy atom. The van der Waals surface area contributed by atoms with Gasteiger partial charge in [0.15, 0.2) is 0 Å². The van der Waals surface area contributed by atoms with Crippen LogP contribution in [0.3, 0.4) is 0 Å². The number of rotatable bonds is 5. The summed E-state index contributed by atoms with van der Waals surface area (Å²) in [5.41, 5.74) is 2.50. The highest BCUT2D eigenvalue weighted by atomic mass is 35.5. The topological polar surface area (TPSA) is 70.2 Å². The second kappa shape index (κ2) is 8.67. The molecule has 4 rings (SSSR count). The van der Waals surface area contributed by atoms with Gasteiger partial charge in [-0.15, -0.1) is 0 Å². The maximum atomic E-state index is 13.2. The summed E-state index contributed by atoms with van der Waals surface area (Å²) in [5.74, 6) is 0.575. The van der Waals surface area contributed by atoms with Crippen LogP contribution in [0.2, 0.25) is 5.02 Å². The molecule has 0 saturated carbocycles. The molecule has 0 bridgehead atoms. The summed E-state index contributed by atoms with van der Waals surface area (Å²) in [5, 5.41) is 6.03. The quantitative estimate of drug-likeness (QED) is 0.589. The van der Waals surface area contributed by atoms with Crippen LogP contribution in [0.5, 0.6) is 0 Å². The van der Waals surface area contributed by atoms with Crippen molar-refractivity contribution in [1.29, 1.82) is 0 Å². The molecule has 0 spiro atoms. The number of hydrogen-bond donors (Lipinski definition) is 2. The Hall–Kier alpha value is -3.19. The lowest BCUT2D eigenvalue weighted by atomic mass is 10.2. The molecule has 30 heavy (non-hydrogen) atoms. The molecule has 0 aliphatic carbocycles. The maximum Gasteiger partial charge on any atom is 0.257 e. The minimum absolute atomic E-state index is 0.0659. The van der Waals surface area contributed by atoms with E-state index in [1.54, 1.807) is 12.1 Å². The van der Waals surface area contributed by atoms with Crippen molar-refractivity contribution in [2.24, 2.45) is 0 Å². The molecule has 2 aromatic carbocycles. The van der Waals surface area contributed by atoms with Gasteiger partial charge >= 0.3 is 0 Å². The first-order chi connectivity index (χ1) is 14.5. The average molecular weight is 426 g/mol. The third-order valence-corrected chi connectivity index (χ3v) is 5.16. The van der Waals surface area contributed by atoms with Crippen LogP contribution in [0.25, 0.3) is 0 Å². The largest absolute Gasteiger partial charge is 0.356 e. The monoisotopic (exact) mass is 425 g/mol. The zero-order valence-electron chi connectivity index (χ0n) is 16.5. The van der Waals surface area contributed by atoms with Gasteiger partial charge in [0.05, 0.1) is 10.6 Å². The second-order valence-electron chi connectivity index (χ2n) is 7.17. The summed E-state index contributed by atoms with van der Waals surface area (Å²) < 4.78 is 13.2. The van der Waals surface area contributed by atoms with Crippen LogP contribution in [0.15, 0.2) is 48.5 Å². The molecule has 154 valence electrons. The van der Waals surface area contributed by atoms with Crippen molar-refractivity contribution < 1.29 is 9.18 Å².